The lowest BCUT2D eigenvalue weighted by Crippen LogP contribution is -2.58. The molecule has 3 aliphatic rings. The van der Waals surface area contributed by atoms with Crippen LogP contribution in [0, 0.1) is 11.8 Å². The molecule has 8 nitrogen and oxygen atoms in total. The zero-order chi connectivity index (χ0) is 23.3. The Morgan fingerprint density at radius 2 is 1.88 bits per heavy atom. The van der Waals surface area contributed by atoms with Gasteiger partial charge in [0.25, 0.3) is 0 Å². The molecule has 3 fully saturated rings. The molecule has 32 heavy (non-hydrogen) atoms. The number of nitrogens with one attached hydrogen (secondary N) is 2. The van der Waals surface area contributed by atoms with Crippen LogP contribution in [-0.2, 0) is 19.1 Å². The zero-order valence-corrected chi connectivity index (χ0v) is 19.1. The third-order valence-corrected chi connectivity index (χ3v) is 7.36. The molecule has 3 aliphatic heterocycles. The average Bonchev–Trinajstić information content (AvgIpc) is 3.37. The standard InChI is InChI=1S/C24H33N3O5/c1-5-23-11-12-24(32-23)18(17(23)20(29)26-16-9-7-6-8-10-16)22(31)27(15(4)13-28)19(24)21(30)25-14(2)3/h6-10,14-15,17-19,28H,5,11-13H2,1-4H3,(H,25,30)(H,26,29)/t15-,17-,18+,19?,23+,24?/m1/s1. The number of hydrogen-bond acceptors (Lipinski definition) is 5. The lowest BCUT2D eigenvalue weighted by atomic mass is 9.65. The van der Waals surface area contributed by atoms with Crippen molar-refractivity contribution in [2.24, 2.45) is 11.8 Å². The van der Waals surface area contributed by atoms with Gasteiger partial charge in [-0.15, -0.1) is 0 Å². The molecule has 4 rings (SSSR count). The van der Waals surface area contributed by atoms with Crippen LogP contribution in [0.25, 0.3) is 0 Å². The van der Waals surface area contributed by atoms with Crippen LogP contribution in [0.2, 0.25) is 0 Å². The number of para-hydroxylation sites is 1. The Labute approximate surface area is 188 Å². The highest BCUT2D eigenvalue weighted by atomic mass is 16.5. The van der Waals surface area contributed by atoms with E-state index in [0.29, 0.717) is 24.9 Å². The van der Waals surface area contributed by atoms with E-state index in [4.69, 9.17) is 4.74 Å². The summed E-state index contributed by atoms with van der Waals surface area (Å²) in [4.78, 5) is 42.1. The maximum atomic E-state index is 13.8. The van der Waals surface area contributed by atoms with Crippen molar-refractivity contribution >= 4 is 23.4 Å². The minimum absolute atomic E-state index is 0.116. The van der Waals surface area contributed by atoms with Gasteiger partial charge < -0.3 is 25.4 Å². The summed E-state index contributed by atoms with van der Waals surface area (Å²) in [5, 5.41) is 15.7. The molecule has 2 unspecified atom stereocenters. The summed E-state index contributed by atoms with van der Waals surface area (Å²) in [6.45, 7) is 7.12. The van der Waals surface area contributed by atoms with Gasteiger partial charge in [0.1, 0.15) is 11.6 Å². The van der Waals surface area contributed by atoms with Crippen LogP contribution in [0.3, 0.4) is 0 Å². The largest absolute Gasteiger partial charge is 0.394 e. The first-order valence-corrected chi connectivity index (χ1v) is 11.5. The average molecular weight is 444 g/mol. The first-order valence-electron chi connectivity index (χ1n) is 11.5. The van der Waals surface area contributed by atoms with Crippen molar-refractivity contribution in [3.05, 3.63) is 30.3 Å². The van der Waals surface area contributed by atoms with E-state index in [1.54, 1.807) is 19.1 Å². The number of likely N-dealkylation sites (tertiary alicyclic amines) is 1. The number of aliphatic hydroxyl groups is 1. The van der Waals surface area contributed by atoms with E-state index in [2.05, 4.69) is 10.6 Å². The molecule has 1 aromatic carbocycles. The van der Waals surface area contributed by atoms with E-state index in [1.807, 2.05) is 39.0 Å². The van der Waals surface area contributed by atoms with E-state index in [-0.39, 0.29) is 30.4 Å². The molecular weight excluding hydrogens is 410 g/mol. The van der Waals surface area contributed by atoms with Gasteiger partial charge in [0, 0.05) is 11.7 Å². The number of benzene rings is 1. The molecule has 3 heterocycles. The molecule has 0 aliphatic carbocycles. The Morgan fingerprint density at radius 1 is 1.19 bits per heavy atom. The highest BCUT2D eigenvalue weighted by molar-refractivity contribution is 6.02. The van der Waals surface area contributed by atoms with Gasteiger partial charge >= 0.3 is 0 Å². The van der Waals surface area contributed by atoms with Gasteiger partial charge in [-0.25, -0.2) is 0 Å². The molecule has 0 radical (unpaired) electrons. The molecule has 0 aromatic heterocycles. The van der Waals surface area contributed by atoms with Crippen molar-refractivity contribution in [2.75, 3.05) is 11.9 Å². The highest BCUT2D eigenvalue weighted by Gasteiger charge is 2.78. The number of carbonyl (C=O) groups is 3. The van der Waals surface area contributed by atoms with E-state index in [1.165, 1.54) is 4.90 Å². The van der Waals surface area contributed by atoms with Crippen LogP contribution in [0.5, 0.6) is 0 Å². The van der Waals surface area contributed by atoms with Crippen LogP contribution in [0.15, 0.2) is 30.3 Å². The van der Waals surface area contributed by atoms with Crippen LogP contribution >= 0.6 is 0 Å². The second-order valence-corrected chi connectivity index (χ2v) is 9.63. The summed E-state index contributed by atoms with van der Waals surface area (Å²) in [5.41, 5.74) is -1.21. The highest BCUT2D eigenvalue weighted by Crippen LogP contribution is 2.64. The smallest absolute Gasteiger partial charge is 0.246 e. The Balaban J connectivity index is 1.76. The lowest BCUT2D eigenvalue weighted by molar-refractivity contribution is -0.149. The summed E-state index contributed by atoms with van der Waals surface area (Å²) in [6, 6.07) is 7.58. The van der Waals surface area contributed by atoms with Gasteiger partial charge in [-0.2, -0.15) is 0 Å². The number of ether oxygens (including phenoxy) is 1. The second-order valence-electron chi connectivity index (χ2n) is 9.63. The predicted molar refractivity (Wildman–Crippen MR) is 119 cm³/mol. The van der Waals surface area contributed by atoms with Gasteiger partial charge in [0.05, 0.1) is 30.1 Å². The number of fused-ring (bicyclic) bond motifs is 1. The summed E-state index contributed by atoms with van der Waals surface area (Å²) < 4.78 is 6.64. The number of rotatable bonds is 7. The normalized spacial score (nSPS) is 34.0. The molecule has 174 valence electrons. The summed E-state index contributed by atoms with van der Waals surface area (Å²) in [7, 11) is 0. The van der Waals surface area contributed by atoms with Gasteiger partial charge in [-0.3, -0.25) is 14.4 Å². The monoisotopic (exact) mass is 443 g/mol. The molecule has 8 heteroatoms. The zero-order valence-electron chi connectivity index (χ0n) is 19.1. The molecule has 3 N–H and O–H groups in total. The fourth-order valence-corrected chi connectivity index (χ4v) is 6.02. The lowest BCUT2D eigenvalue weighted by Gasteiger charge is -2.36. The van der Waals surface area contributed by atoms with Crippen LogP contribution < -0.4 is 10.6 Å². The molecular formula is C24H33N3O5. The Hall–Kier alpha value is -2.45. The quantitative estimate of drug-likeness (QED) is 0.594. The van der Waals surface area contributed by atoms with Crippen molar-refractivity contribution in [2.45, 2.75) is 76.3 Å². The van der Waals surface area contributed by atoms with Gasteiger partial charge in [0.15, 0.2) is 0 Å². The minimum Gasteiger partial charge on any atom is -0.394 e. The number of aliphatic hydroxyl groups excluding tert-OH is 1. The Bertz CT molecular complexity index is 906. The van der Waals surface area contributed by atoms with Crippen LogP contribution in [0.1, 0.15) is 47.0 Å². The molecule has 1 aromatic rings. The number of carbonyl (C=O) groups excluding carboxylic acids is 3. The molecule has 3 saturated heterocycles. The van der Waals surface area contributed by atoms with Gasteiger partial charge in [0.2, 0.25) is 17.7 Å². The fourth-order valence-electron chi connectivity index (χ4n) is 6.02. The Morgan fingerprint density at radius 3 is 2.47 bits per heavy atom. The van der Waals surface area contributed by atoms with E-state index in [9.17, 15) is 19.5 Å². The van der Waals surface area contributed by atoms with E-state index in [0.717, 1.165) is 0 Å². The number of amides is 3. The SMILES string of the molecule is CC[C@@]12CCC3(O1)C(C(=O)NC(C)C)N([C@H](C)CO)C(=O)[C@@H]3[C@@H]2C(=O)Nc1ccccc1. The molecule has 3 amide bonds. The molecule has 1 spiro atoms. The third-order valence-electron chi connectivity index (χ3n) is 7.36. The first-order chi connectivity index (χ1) is 15.2. The van der Waals surface area contributed by atoms with Crippen LogP contribution in [-0.4, -0.2) is 63.7 Å². The fraction of sp³-hybridized carbons (Fsp3) is 0.625. The maximum Gasteiger partial charge on any atom is 0.246 e. The van der Waals surface area contributed by atoms with Crippen molar-refractivity contribution in [1.29, 1.82) is 0 Å². The number of hydrogen-bond donors (Lipinski definition) is 3. The number of nitrogens with zero attached hydrogens (tertiary/aromatic N) is 1. The Kier molecular flexibility index (Phi) is 5.79. The topological polar surface area (TPSA) is 108 Å². The summed E-state index contributed by atoms with van der Waals surface area (Å²) >= 11 is 0. The van der Waals surface area contributed by atoms with E-state index >= 15 is 0 Å². The number of anilines is 1. The molecule has 0 saturated carbocycles. The predicted octanol–water partition coefficient (Wildman–Crippen LogP) is 1.69. The third kappa shape index (κ3) is 3.23. The van der Waals surface area contributed by atoms with Crippen molar-refractivity contribution in [1.82, 2.24) is 10.2 Å². The van der Waals surface area contributed by atoms with Gasteiger partial charge in [-0.1, -0.05) is 25.1 Å². The summed E-state index contributed by atoms with van der Waals surface area (Å²) in [6.07, 6.45) is 1.70. The van der Waals surface area contributed by atoms with Crippen molar-refractivity contribution in [3.8, 4) is 0 Å². The minimum atomic E-state index is -1.08. The van der Waals surface area contributed by atoms with Crippen molar-refractivity contribution in [3.63, 3.8) is 0 Å². The summed E-state index contributed by atoms with van der Waals surface area (Å²) in [5.74, 6) is -2.33. The van der Waals surface area contributed by atoms with Crippen LogP contribution in [0.4, 0.5) is 5.69 Å². The molecule has 2 bridgehead atoms. The van der Waals surface area contributed by atoms with Crippen molar-refractivity contribution < 1.29 is 24.2 Å². The maximum absolute atomic E-state index is 13.8. The van der Waals surface area contributed by atoms with E-state index < -0.39 is 35.1 Å². The second kappa shape index (κ2) is 8.15. The first kappa shape index (κ1) is 22.7. The molecule has 6 atom stereocenters. The van der Waals surface area contributed by atoms with Gasteiger partial charge in [-0.05, 0) is 52.2 Å².